The standard InChI is InChI=1S/C6H13NO2.Na/c1-4(2)3-5(7)6(8)9;/h4-5H,3,7H2,1-2H3,(H,8,9);/q;+1/p-1/t5-;/m1./s1. The summed E-state index contributed by atoms with van der Waals surface area (Å²) >= 11 is 0. The second-order valence-corrected chi connectivity index (χ2v) is 2.56. The van der Waals surface area contributed by atoms with E-state index in [2.05, 4.69) is 0 Å². The molecule has 0 aromatic rings. The molecular weight excluding hydrogens is 141 g/mol. The summed E-state index contributed by atoms with van der Waals surface area (Å²) in [5.41, 5.74) is 5.16. The molecule has 3 nitrogen and oxygen atoms in total. The maximum Gasteiger partial charge on any atom is 1.00 e. The van der Waals surface area contributed by atoms with Crippen LogP contribution in [0.4, 0.5) is 0 Å². The van der Waals surface area contributed by atoms with E-state index in [9.17, 15) is 9.90 Å². The molecular formula is C6H12NNaO2. The number of aliphatic carboxylic acids is 1. The molecule has 4 heteroatoms. The first-order valence-electron chi connectivity index (χ1n) is 3.00. The van der Waals surface area contributed by atoms with Crippen LogP contribution in [0.3, 0.4) is 0 Å². The van der Waals surface area contributed by atoms with Crippen molar-refractivity contribution in [3.63, 3.8) is 0 Å². The Morgan fingerprint density at radius 3 is 2.10 bits per heavy atom. The molecule has 0 saturated carbocycles. The Morgan fingerprint density at radius 1 is 1.60 bits per heavy atom. The molecule has 0 rings (SSSR count). The van der Waals surface area contributed by atoms with Crippen LogP contribution in [-0.2, 0) is 4.79 Å². The minimum Gasteiger partial charge on any atom is -0.548 e. The van der Waals surface area contributed by atoms with Gasteiger partial charge in [0.2, 0.25) is 0 Å². The second-order valence-electron chi connectivity index (χ2n) is 2.56. The second kappa shape index (κ2) is 6.16. The first-order valence-corrected chi connectivity index (χ1v) is 3.00. The van der Waals surface area contributed by atoms with Crippen LogP contribution >= 0.6 is 0 Å². The first-order chi connectivity index (χ1) is 4.04. The first kappa shape index (κ1) is 13.1. The smallest absolute Gasteiger partial charge is 0.548 e. The van der Waals surface area contributed by atoms with Crippen molar-refractivity contribution in [3.05, 3.63) is 0 Å². The number of carboxylic acid groups (broad SMARTS) is 1. The molecule has 0 bridgehead atoms. The molecule has 0 fully saturated rings. The predicted octanol–water partition coefficient (Wildman–Crippen LogP) is -3.89. The van der Waals surface area contributed by atoms with Crippen LogP contribution < -0.4 is 40.4 Å². The number of nitrogens with two attached hydrogens (primary N) is 1. The molecule has 0 aromatic carbocycles. The number of carbonyl (C=O) groups excluding carboxylic acids is 1. The number of rotatable bonds is 3. The maximum absolute atomic E-state index is 10.00. The van der Waals surface area contributed by atoms with E-state index in [1.54, 1.807) is 0 Å². The molecule has 1 atom stereocenters. The minimum atomic E-state index is -1.16. The Kier molecular flexibility index (Phi) is 8.04. The quantitative estimate of drug-likeness (QED) is 0.422. The molecule has 10 heavy (non-hydrogen) atoms. The summed E-state index contributed by atoms with van der Waals surface area (Å²) in [4.78, 5) is 10.00. The summed E-state index contributed by atoms with van der Waals surface area (Å²) in [5, 5.41) is 10.00. The van der Waals surface area contributed by atoms with Gasteiger partial charge < -0.3 is 15.6 Å². The van der Waals surface area contributed by atoms with Crippen molar-refractivity contribution in [2.24, 2.45) is 11.7 Å². The molecule has 0 heterocycles. The van der Waals surface area contributed by atoms with Crippen molar-refractivity contribution in [2.75, 3.05) is 0 Å². The van der Waals surface area contributed by atoms with E-state index in [-0.39, 0.29) is 29.6 Å². The summed E-state index contributed by atoms with van der Waals surface area (Å²) in [6.07, 6.45) is 0.488. The number of carbonyl (C=O) groups is 1. The van der Waals surface area contributed by atoms with Crippen LogP contribution in [0.25, 0.3) is 0 Å². The van der Waals surface area contributed by atoms with Gasteiger partial charge >= 0.3 is 29.6 Å². The Hall–Kier alpha value is 0.430. The summed E-state index contributed by atoms with van der Waals surface area (Å²) in [5.74, 6) is -0.846. The molecule has 2 N–H and O–H groups in total. The average Bonchev–Trinajstić information content (AvgIpc) is 1.63. The molecule has 0 spiro atoms. The van der Waals surface area contributed by atoms with Gasteiger partial charge in [-0.1, -0.05) is 13.8 Å². The number of hydrogen-bond acceptors (Lipinski definition) is 3. The van der Waals surface area contributed by atoms with Crippen LogP contribution in [0, 0.1) is 5.92 Å². The Labute approximate surface area is 83.3 Å². The predicted molar refractivity (Wildman–Crippen MR) is 32.4 cm³/mol. The number of hydrogen-bond donors (Lipinski definition) is 1. The Balaban J connectivity index is 0. The van der Waals surface area contributed by atoms with Gasteiger partial charge in [-0.05, 0) is 12.3 Å². The van der Waals surface area contributed by atoms with Crippen molar-refractivity contribution in [3.8, 4) is 0 Å². The van der Waals surface area contributed by atoms with Gasteiger partial charge in [0.1, 0.15) is 0 Å². The maximum atomic E-state index is 10.00. The molecule has 0 aliphatic rings. The van der Waals surface area contributed by atoms with Crippen molar-refractivity contribution in [1.29, 1.82) is 0 Å². The molecule has 0 radical (unpaired) electrons. The van der Waals surface area contributed by atoms with Crippen LogP contribution in [0.2, 0.25) is 0 Å². The van der Waals surface area contributed by atoms with Gasteiger partial charge in [0.05, 0.1) is 5.97 Å². The third-order valence-corrected chi connectivity index (χ3v) is 1.03. The molecule has 0 amide bonds. The summed E-state index contributed by atoms with van der Waals surface area (Å²) in [6, 6.07) is -0.801. The fourth-order valence-electron chi connectivity index (χ4n) is 0.604. The fourth-order valence-corrected chi connectivity index (χ4v) is 0.604. The van der Waals surface area contributed by atoms with Crippen LogP contribution in [0.5, 0.6) is 0 Å². The molecule has 0 aromatic heterocycles. The Bertz CT molecular complexity index is 106. The van der Waals surface area contributed by atoms with Crippen LogP contribution in [0.1, 0.15) is 20.3 Å². The van der Waals surface area contributed by atoms with Crippen molar-refractivity contribution >= 4 is 5.97 Å². The molecule has 0 aliphatic carbocycles. The molecule has 0 unspecified atom stereocenters. The van der Waals surface area contributed by atoms with Gasteiger partial charge in [-0.15, -0.1) is 0 Å². The van der Waals surface area contributed by atoms with Crippen molar-refractivity contribution < 1.29 is 39.5 Å². The zero-order valence-corrected chi connectivity index (χ0v) is 8.76. The monoisotopic (exact) mass is 153 g/mol. The SMILES string of the molecule is CC(C)C[C@@H](N)C(=O)[O-].[Na+]. The zero-order valence-electron chi connectivity index (χ0n) is 6.76. The van der Waals surface area contributed by atoms with E-state index < -0.39 is 12.0 Å². The average molecular weight is 153 g/mol. The molecule has 54 valence electrons. The van der Waals surface area contributed by atoms with E-state index in [1.807, 2.05) is 13.8 Å². The van der Waals surface area contributed by atoms with E-state index >= 15 is 0 Å². The third-order valence-electron chi connectivity index (χ3n) is 1.03. The van der Waals surface area contributed by atoms with Crippen LogP contribution in [0.15, 0.2) is 0 Å². The van der Waals surface area contributed by atoms with Gasteiger partial charge in [-0.2, -0.15) is 0 Å². The van der Waals surface area contributed by atoms with Crippen LogP contribution in [-0.4, -0.2) is 12.0 Å². The van der Waals surface area contributed by atoms with E-state index in [0.29, 0.717) is 12.3 Å². The van der Waals surface area contributed by atoms with Gasteiger partial charge in [-0.3, -0.25) is 0 Å². The molecule has 0 aliphatic heterocycles. The summed E-state index contributed by atoms with van der Waals surface area (Å²) < 4.78 is 0. The Morgan fingerprint density at radius 2 is 2.00 bits per heavy atom. The van der Waals surface area contributed by atoms with Crippen molar-refractivity contribution in [1.82, 2.24) is 0 Å². The van der Waals surface area contributed by atoms with E-state index in [4.69, 9.17) is 5.73 Å². The van der Waals surface area contributed by atoms with Gasteiger partial charge in [-0.25, -0.2) is 0 Å². The number of carboxylic acids is 1. The fraction of sp³-hybridized carbons (Fsp3) is 0.833. The zero-order chi connectivity index (χ0) is 7.44. The summed E-state index contributed by atoms with van der Waals surface area (Å²) in [7, 11) is 0. The minimum absolute atomic E-state index is 0. The third kappa shape index (κ3) is 6.55. The normalized spacial score (nSPS) is 12.4. The van der Waals surface area contributed by atoms with E-state index in [0.717, 1.165) is 0 Å². The largest absolute Gasteiger partial charge is 1.00 e. The van der Waals surface area contributed by atoms with Gasteiger partial charge in [0, 0.05) is 6.04 Å². The summed E-state index contributed by atoms with van der Waals surface area (Å²) in [6.45, 7) is 3.84. The molecule has 0 saturated heterocycles. The van der Waals surface area contributed by atoms with Crippen molar-refractivity contribution in [2.45, 2.75) is 26.3 Å². The van der Waals surface area contributed by atoms with Gasteiger partial charge in [0.25, 0.3) is 0 Å². The van der Waals surface area contributed by atoms with Gasteiger partial charge in [0.15, 0.2) is 0 Å². The topological polar surface area (TPSA) is 66.2 Å². The van der Waals surface area contributed by atoms with E-state index in [1.165, 1.54) is 0 Å².